The molecule has 0 amide bonds. The lowest BCUT2D eigenvalue weighted by Crippen LogP contribution is -2.50. The standard InChI is InChI=1S/C40H29N3Si/c1-44(2)35-22-11-9-20-32(35)38-39(44)37(27-14-4-3-5-15-27)41-40(42-38)28-16-12-17-29(25-28)43-33-21-10-8-19-31(33)36-30-18-7-6-13-26(30)23-24-34(36)43/h3-25H,1-2H3. The molecule has 0 fully saturated rings. The topological polar surface area (TPSA) is 30.7 Å². The molecule has 1 aliphatic rings. The summed E-state index contributed by atoms with van der Waals surface area (Å²) in [5.41, 5.74) is 9.06. The van der Waals surface area contributed by atoms with Crippen molar-refractivity contribution in [2.24, 2.45) is 0 Å². The summed E-state index contributed by atoms with van der Waals surface area (Å²) >= 11 is 0. The van der Waals surface area contributed by atoms with Crippen molar-refractivity contribution in [3.8, 4) is 39.6 Å². The van der Waals surface area contributed by atoms with E-state index in [-0.39, 0.29) is 0 Å². The van der Waals surface area contributed by atoms with Gasteiger partial charge in [-0.2, -0.15) is 0 Å². The monoisotopic (exact) mass is 579 g/mol. The number of para-hydroxylation sites is 1. The van der Waals surface area contributed by atoms with Gasteiger partial charge in [-0.1, -0.05) is 128 Å². The summed E-state index contributed by atoms with van der Waals surface area (Å²) in [7, 11) is -2.00. The van der Waals surface area contributed by atoms with Gasteiger partial charge in [0, 0.05) is 27.6 Å². The molecule has 8 aromatic rings. The predicted octanol–water partition coefficient (Wildman–Crippen LogP) is 8.86. The first-order valence-electron chi connectivity index (χ1n) is 15.2. The first-order valence-corrected chi connectivity index (χ1v) is 18.2. The summed E-state index contributed by atoms with van der Waals surface area (Å²) in [5.74, 6) is 0.761. The van der Waals surface area contributed by atoms with Crippen LogP contribution in [0.5, 0.6) is 0 Å². The molecule has 44 heavy (non-hydrogen) atoms. The number of aromatic nitrogens is 3. The second-order valence-corrected chi connectivity index (χ2v) is 16.5. The third-order valence-corrected chi connectivity index (χ3v) is 12.9. The Balaban J connectivity index is 1.30. The maximum atomic E-state index is 5.37. The van der Waals surface area contributed by atoms with Gasteiger partial charge in [0.1, 0.15) is 8.07 Å². The molecule has 208 valence electrons. The lowest BCUT2D eigenvalue weighted by Gasteiger charge is -2.21. The highest BCUT2D eigenvalue weighted by Crippen LogP contribution is 2.38. The minimum atomic E-state index is -2.00. The van der Waals surface area contributed by atoms with Crippen LogP contribution in [0.25, 0.3) is 72.2 Å². The largest absolute Gasteiger partial charge is 0.309 e. The number of benzene rings is 6. The van der Waals surface area contributed by atoms with Gasteiger partial charge in [0.2, 0.25) is 0 Å². The van der Waals surface area contributed by atoms with Gasteiger partial charge in [0.05, 0.1) is 22.4 Å². The van der Waals surface area contributed by atoms with Crippen LogP contribution in [-0.4, -0.2) is 22.6 Å². The smallest absolute Gasteiger partial charge is 0.160 e. The molecule has 0 atom stereocenters. The fraction of sp³-hybridized carbons (Fsp3) is 0.0500. The summed E-state index contributed by atoms with van der Waals surface area (Å²) < 4.78 is 2.39. The van der Waals surface area contributed by atoms with Crippen LogP contribution in [0.1, 0.15) is 0 Å². The van der Waals surface area contributed by atoms with Crippen molar-refractivity contribution in [3.05, 3.63) is 140 Å². The molecule has 0 radical (unpaired) electrons. The Kier molecular flexibility index (Phi) is 5.35. The van der Waals surface area contributed by atoms with Crippen molar-refractivity contribution >= 4 is 51.0 Å². The number of rotatable bonds is 3. The van der Waals surface area contributed by atoms with Crippen molar-refractivity contribution in [2.45, 2.75) is 13.1 Å². The summed E-state index contributed by atoms with van der Waals surface area (Å²) in [6, 6.07) is 50.1. The van der Waals surface area contributed by atoms with Crippen molar-refractivity contribution < 1.29 is 0 Å². The zero-order valence-electron chi connectivity index (χ0n) is 24.6. The van der Waals surface area contributed by atoms with Crippen molar-refractivity contribution in [1.29, 1.82) is 0 Å². The highest BCUT2D eigenvalue weighted by molar-refractivity contribution is 7.04. The van der Waals surface area contributed by atoms with Crippen molar-refractivity contribution in [2.75, 3.05) is 0 Å². The van der Waals surface area contributed by atoms with E-state index in [9.17, 15) is 0 Å². The molecule has 0 saturated carbocycles. The molecule has 0 saturated heterocycles. The normalized spacial score (nSPS) is 13.4. The quantitative estimate of drug-likeness (QED) is 0.196. The van der Waals surface area contributed by atoms with Crippen molar-refractivity contribution in [1.82, 2.24) is 14.5 Å². The van der Waals surface area contributed by atoms with Gasteiger partial charge in [-0.25, -0.2) is 9.97 Å². The maximum Gasteiger partial charge on any atom is 0.160 e. The molecule has 0 bridgehead atoms. The zero-order valence-corrected chi connectivity index (χ0v) is 25.6. The number of nitrogens with zero attached hydrogens (tertiary/aromatic N) is 3. The van der Waals surface area contributed by atoms with Gasteiger partial charge in [0.25, 0.3) is 0 Å². The number of fused-ring (bicyclic) bond motifs is 8. The van der Waals surface area contributed by atoms with E-state index >= 15 is 0 Å². The first-order chi connectivity index (χ1) is 21.6. The van der Waals surface area contributed by atoms with Gasteiger partial charge in [-0.3, -0.25) is 0 Å². The summed E-state index contributed by atoms with van der Waals surface area (Å²) in [5, 5.41) is 7.84. The summed E-state index contributed by atoms with van der Waals surface area (Å²) in [6.07, 6.45) is 0. The fourth-order valence-corrected chi connectivity index (χ4v) is 10.6. The maximum absolute atomic E-state index is 5.37. The van der Waals surface area contributed by atoms with Gasteiger partial charge in [-0.05, 0) is 51.0 Å². The highest BCUT2D eigenvalue weighted by atomic mass is 28.3. The van der Waals surface area contributed by atoms with Crippen LogP contribution in [0.3, 0.4) is 0 Å². The molecule has 6 aromatic carbocycles. The molecule has 0 unspecified atom stereocenters. The van der Waals surface area contributed by atoms with E-state index in [1.807, 2.05) is 0 Å². The minimum absolute atomic E-state index is 0.761. The Morgan fingerprint density at radius 2 is 1.25 bits per heavy atom. The fourth-order valence-electron chi connectivity index (χ4n) is 7.35. The molecule has 0 spiro atoms. The number of hydrogen-bond donors (Lipinski definition) is 0. The second-order valence-electron chi connectivity index (χ2n) is 12.2. The molecule has 9 rings (SSSR count). The lowest BCUT2D eigenvalue weighted by atomic mass is 10.0. The average molecular weight is 580 g/mol. The van der Waals surface area contributed by atoms with Crippen LogP contribution in [0, 0.1) is 0 Å². The molecular formula is C40H29N3Si. The Bertz CT molecular complexity index is 2420. The Hall–Kier alpha value is -5.32. The van der Waals surface area contributed by atoms with Crippen LogP contribution in [0.4, 0.5) is 0 Å². The van der Waals surface area contributed by atoms with Crippen LogP contribution in [0.15, 0.2) is 140 Å². The third-order valence-electron chi connectivity index (χ3n) is 9.36. The van der Waals surface area contributed by atoms with E-state index < -0.39 is 8.07 Å². The Labute approximate surface area is 257 Å². The molecule has 4 heteroatoms. The first kappa shape index (κ1) is 25.2. The zero-order chi connectivity index (χ0) is 29.4. The van der Waals surface area contributed by atoms with E-state index in [2.05, 4.69) is 157 Å². The van der Waals surface area contributed by atoms with E-state index in [1.165, 1.54) is 48.5 Å². The minimum Gasteiger partial charge on any atom is -0.309 e. The highest BCUT2D eigenvalue weighted by Gasteiger charge is 2.41. The molecule has 0 aliphatic carbocycles. The van der Waals surface area contributed by atoms with Crippen LogP contribution in [-0.2, 0) is 0 Å². The molecule has 3 heterocycles. The van der Waals surface area contributed by atoms with Crippen LogP contribution < -0.4 is 10.4 Å². The molecule has 3 nitrogen and oxygen atoms in total. The molecule has 0 N–H and O–H groups in total. The third kappa shape index (κ3) is 3.55. The van der Waals surface area contributed by atoms with Gasteiger partial charge >= 0.3 is 0 Å². The van der Waals surface area contributed by atoms with Gasteiger partial charge < -0.3 is 4.57 Å². The molecular weight excluding hydrogens is 551 g/mol. The average Bonchev–Trinajstić information content (AvgIpc) is 3.54. The van der Waals surface area contributed by atoms with Gasteiger partial charge in [0.15, 0.2) is 5.82 Å². The SMILES string of the molecule is C[Si]1(C)c2ccccc2-c2nc(-c3cccc(-n4c5ccccc5c5c6ccccc6ccc54)c3)nc(-c3ccccc3)c21. The lowest BCUT2D eigenvalue weighted by molar-refractivity contribution is 1.16. The van der Waals surface area contributed by atoms with Gasteiger partial charge in [-0.15, -0.1) is 0 Å². The summed E-state index contributed by atoms with van der Waals surface area (Å²) in [4.78, 5) is 10.7. The Morgan fingerprint density at radius 1 is 0.545 bits per heavy atom. The van der Waals surface area contributed by atoms with E-state index in [4.69, 9.17) is 9.97 Å². The number of hydrogen-bond acceptors (Lipinski definition) is 2. The van der Waals surface area contributed by atoms with E-state index in [1.54, 1.807) is 0 Å². The van der Waals surface area contributed by atoms with E-state index in [0.717, 1.165) is 34.0 Å². The second kappa shape index (κ2) is 9.34. The van der Waals surface area contributed by atoms with Crippen LogP contribution in [0.2, 0.25) is 13.1 Å². The predicted molar refractivity (Wildman–Crippen MR) is 187 cm³/mol. The molecule has 1 aliphatic heterocycles. The molecule has 2 aromatic heterocycles. The van der Waals surface area contributed by atoms with E-state index in [0.29, 0.717) is 0 Å². The van der Waals surface area contributed by atoms with Crippen molar-refractivity contribution in [3.63, 3.8) is 0 Å². The summed E-state index contributed by atoms with van der Waals surface area (Å²) in [6.45, 7) is 4.86. The van der Waals surface area contributed by atoms with Crippen LogP contribution >= 0.6 is 0 Å². The Morgan fingerprint density at radius 3 is 2.14 bits per heavy atom.